The molecule has 0 aromatic carbocycles. The van der Waals surface area contributed by atoms with E-state index in [1.807, 2.05) is 0 Å². The summed E-state index contributed by atoms with van der Waals surface area (Å²) in [5, 5.41) is 2.56. The maximum absolute atomic E-state index is 11.4. The van der Waals surface area contributed by atoms with E-state index in [4.69, 9.17) is 22.1 Å². The topological polar surface area (TPSA) is 64.6 Å². The van der Waals surface area contributed by atoms with Gasteiger partial charge in [0.25, 0.3) is 0 Å². The molecule has 0 spiro atoms. The van der Waals surface area contributed by atoms with Gasteiger partial charge in [-0.25, -0.2) is 9.59 Å². The predicted molar refractivity (Wildman–Crippen MR) is 56.7 cm³/mol. The Balaban J connectivity index is 0. The summed E-state index contributed by atoms with van der Waals surface area (Å²) in [7, 11) is 1.51. The van der Waals surface area contributed by atoms with Gasteiger partial charge in [-0.3, -0.25) is 0 Å². The van der Waals surface area contributed by atoms with Crippen molar-refractivity contribution in [2.45, 2.75) is 13.8 Å². The van der Waals surface area contributed by atoms with Gasteiger partial charge in [0, 0.05) is 7.05 Å². The van der Waals surface area contributed by atoms with Crippen LogP contribution in [0.15, 0.2) is 10.6 Å². The average molecular weight is 255 g/mol. The van der Waals surface area contributed by atoms with Crippen molar-refractivity contribution in [3.63, 3.8) is 0 Å². The first-order valence-corrected chi connectivity index (χ1v) is 4.92. The number of ether oxygens (including phenoxy) is 2. The zero-order chi connectivity index (χ0) is 11.8. The van der Waals surface area contributed by atoms with Crippen molar-refractivity contribution in [3.05, 3.63) is 10.6 Å². The monoisotopic (exact) mass is 255 g/mol. The quantitative estimate of drug-likeness (QED) is 0.142. The second-order valence-electron chi connectivity index (χ2n) is 2.40. The third-order valence-corrected chi connectivity index (χ3v) is 1.82. The summed E-state index contributed by atoms with van der Waals surface area (Å²) in [6.45, 7) is 3.63. The fourth-order valence-corrected chi connectivity index (χ4v) is 0.967. The molecule has 0 amide bonds. The molecule has 0 heterocycles. The Hall–Kier alpha value is -0.300. The molecule has 0 atom stereocenters. The molecule has 0 bridgehead atoms. The minimum Gasteiger partial charge on any atom is -0.762 e. The van der Waals surface area contributed by atoms with Crippen molar-refractivity contribution >= 4 is 24.6 Å². The van der Waals surface area contributed by atoms with Gasteiger partial charge in [0.2, 0.25) is 0 Å². The van der Waals surface area contributed by atoms with E-state index in [0.717, 1.165) is 0 Å². The van der Waals surface area contributed by atoms with Gasteiger partial charge >= 0.3 is 41.5 Å². The van der Waals surface area contributed by atoms with Gasteiger partial charge in [-0.1, -0.05) is 5.03 Å². The standard InChI is InChI=1S/C9H15NO4S.Na/c1-4-13-8(11)6(7(15)10-3)9(12)14-5-2;/h10,15H,4-5H2,1-3H3;/q;+1/p-1. The van der Waals surface area contributed by atoms with Crippen LogP contribution in [0.2, 0.25) is 0 Å². The fourth-order valence-electron chi connectivity index (χ4n) is 0.800. The number of nitrogens with one attached hydrogen (secondary N) is 1. The molecule has 0 saturated carbocycles. The first-order valence-electron chi connectivity index (χ1n) is 4.51. The van der Waals surface area contributed by atoms with Crippen LogP contribution >= 0.6 is 0 Å². The third kappa shape index (κ3) is 5.69. The van der Waals surface area contributed by atoms with E-state index in [-0.39, 0.29) is 53.4 Å². The Bertz CT molecular complexity index is 261. The van der Waals surface area contributed by atoms with Gasteiger partial charge in [-0.2, -0.15) is 0 Å². The van der Waals surface area contributed by atoms with Crippen molar-refractivity contribution < 1.29 is 48.6 Å². The van der Waals surface area contributed by atoms with Crippen molar-refractivity contribution in [3.8, 4) is 0 Å². The van der Waals surface area contributed by atoms with Crippen LogP contribution in [0.1, 0.15) is 13.8 Å². The number of rotatable bonds is 5. The Labute approximate surface area is 123 Å². The SMILES string of the molecule is CCOC(=O)C(C(=O)OCC)=C([S-])NC.[Na+]. The van der Waals surface area contributed by atoms with Crippen molar-refractivity contribution in [2.75, 3.05) is 20.3 Å². The first kappa shape index (κ1) is 18.1. The summed E-state index contributed by atoms with van der Waals surface area (Å²) >= 11 is 4.81. The summed E-state index contributed by atoms with van der Waals surface area (Å²) < 4.78 is 9.38. The zero-order valence-electron chi connectivity index (χ0n) is 9.96. The van der Waals surface area contributed by atoms with Crippen LogP contribution in [0.25, 0.3) is 0 Å². The molecule has 0 rings (SSSR count). The minimum absolute atomic E-state index is 0. The van der Waals surface area contributed by atoms with Crippen molar-refractivity contribution in [1.29, 1.82) is 0 Å². The molecule has 0 aliphatic heterocycles. The van der Waals surface area contributed by atoms with Crippen LogP contribution < -0.4 is 34.9 Å². The maximum Gasteiger partial charge on any atom is 1.00 e. The number of hydrogen-bond acceptors (Lipinski definition) is 6. The Morgan fingerprint density at radius 3 is 1.75 bits per heavy atom. The van der Waals surface area contributed by atoms with Crippen molar-refractivity contribution in [2.24, 2.45) is 0 Å². The molecule has 0 aromatic rings. The summed E-state index contributed by atoms with van der Waals surface area (Å²) in [6.07, 6.45) is 0. The Morgan fingerprint density at radius 1 is 1.12 bits per heavy atom. The number of hydrogen-bond donors (Lipinski definition) is 1. The number of esters is 2. The first-order chi connectivity index (χ1) is 7.08. The maximum atomic E-state index is 11.4. The molecular formula is C9H14NNaO4S. The van der Waals surface area contributed by atoms with Crippen LogP contribution in [-0.4, -0.2) is 32.2 Å². The van der Waals surface area contributed by atoms with Gasteiger partial charge in [0.1, 0.15) is 5.57 Å². The van der Waals surface area contributed by atoms with Gasteiger partial charge in [-0.05, 0) is 13.8 Å². The molecule has 0 saturated heterocycles. The van der Waals surface area contributed by atoms with E-state index in [1.54, 1.807) is 13.8 Å². The molecule has 0 aromatic heterocycles. The summed E-state index contributed by atoms with van der Waals surface area (Å²) in [4.78, 5) is 22.7. The van der Waals surface area contributed by atoms with E-state index in [2.05, 4.69) is 5.32 Å². The molecule has 0 unspecified atom stereocenters. The molecule has 7 heteroatoms. The third-order valence-electron chi connectivity index (χ3n) is 1.41. The van der Waals surface area contributed by atoms with E-state index in [9.17, 15) is 9.59 Å². The molecule has 0 radical (unpaired) electrons. The normalized spacial score (nSPS) is 8.44. The van der Waals surface area contributed by atoms with Crippen LogP contribution in [0.3, 0.4) is 0 Å². The van der Waals surface area contributed by atoms with Crippen molar-refractivity contribution in [1.82, 2.24) is 5.32 Å². The van der Waals surface area contributed by atoms with E-state index in [0.29, 0.717) is 0 Å². The number of carbonyl (C=O) groups is 2. The number of carbonyl (C=O) groups excluding carboxylic acids is 2. The van der Waals surface area contributed by atoms with Crippen LogP contribution in [0, 0.1) is 0 Å². The second kappa shape index (κ2) is 9.89. The van der Waals surface area contributed by atoms with Crippen LogP contribution in [0.4, 0.5) is 0 Å². The summed E-state index contributed by atoms with van der Waals surface area (Å²) in [5.74, 6) is -1.54. The van der Waals surface area contributed by atoms with Crippen LogP contribution in [-0.2, 0) is 31.7 Å². The molecule has 1 N–H and O–H groups in total. The predicted octanol–water partition coefficient (Wildman–Crippen LogP) is -2.91. The minimum atomic E-state index is -0.768. The smallest absolute Gasteiger partial charge is 0.762 e. The molecule has 0 aliphatic carbocycles. The molecule has 86 valence electrons. The Kier molecular flexibility index (Phi) is 11.2. The average Bonchev–Trinajstić information content (AvgIpc) is 2.18. The summed E-state index contributed by atoms with van der Waals surface area (Å²) in [5.41, 5.74) is -0.267. The molecular weight excluding hydrogens is 241 g/mol. The fraction of sp³-hybridized carbons (Fsp3) is 0.556. The van der Waals surface area contributed by atoms with E-state index < -0.39 is 11.9 Å². The largest absolute Gasteiger partial charge is 1.00 e. The Morgan fingerprint density at radius 2 is 1.50 bits per heavy atom. The molecule has 16 heavy (non-hydrogen) atoms. The second-order valence-corrected chi connectivity index (χ2v) is 2.80. The van der Waals surface area contributed by atoms with E-state index >= 15 is 0 Å². The van der Waals surface area contributed by atoms with Crippen LogP contribution in [0.5, 0.6) is 0 Å². The van der Waals surface area contributed by atoms with Gasteiger partial charge < -0.3 is 27.4 Å². The van der Waals surface area contributed by atoms with Gasteiger partial charge in [0.05, 0.1) is 13.2 Å². The summed E-state index contributed by atoms with van der Waals surface area (Å²) in [6, 6.07) is 0. The molecule has 0 aliphatic rings. The van der Waals surface area contributed by atoms with Gasteiger partial charge in [-0.15, -0.1) is 0 Å². The zero-order valence-corrected chi connectivity index (χ0v) is 12.8. The molecule has 5 nitrogen and oxygen atoms in total. The molecule has 0 fully saturated rings. The van der Waals surface area contributed by atoms with E-state index in [1.165, 1.54) is 7.05 Å². The van der Waals surface area contributed by atoms with Gasteiger partial charge in [0.15, 0.2) is 0 Å².